The van der Waals surface area contributed by atoms with Gasteiger partial charge in [0.2, 0.25) is 0 Å². The maximum absolute atomic E-state index is 12.9. The number of hydrogen-bond acceptors (Lipinski definition) is 2. The maximum Gasteiger partial charge on any atom is 0.416 e. The number of hydrogen-bond donors (Lipinski definition) is 1. The van der Waals surface area contributed by atoms with Gasteiger partial charge in [0.05, 0.1) is 27.0 Å². The second-order valence-corrected chi connectivity index (χ2v) is 7.46. The second-order valence-electron chi connectivity index (χ2n) is 6.64. The van der Waals surface area contributed by atoms with E-state index >= 15 is 0 Å². The van der Waals surface area contributed by atoms with E-state index in [1.54, 1.807) is 16.8 Å². The Balaban J connectivity index is 1.84. The number of fused-ring (bicyclic) bond motifs is 1. The quantitative estimate of drug-likeness (QED) is 0.500. The predicted octanol–water partition coefficient (Wildman–Crippen LogP) is 6.61. The van der Waals surface area contributed by atoms with Crippen LogP contribution in [-0.4, -0.2) is 16.3 Å². The van der Waals surface area contributed by atoms with Gasteiger partial charge in [-0.3, -0.25) is 0 Å². The van der Waals surface area contributed by atoms with Crippen LogP contribution < -0.4 is 5.32 Å². The summed E-state index contributed by atoms with van der Waals surface area (Å²) in [7, 11) is 0. The van der Waals surface area contributed by atoms with Crippen molar-refractivity contribution < 1.29 is 13.2 Å². The van der Waals surface area contributed by atoms with Crippen molar-refractivity contribution >= 4 is 29.0 Å². The van der Waals surface area contributed by atoms with Gasteiger partial charge in [-0.25, -0.2) is 4.68 Å². The first-order chi connectivity index (χ1) is 13.3. The van der Waals surface area contributed by atoms with Gasteiger partial charge in [0.25, 0.3) is 0 Å². The van der Waals surface area contributed by atoms with Gasteiger partial charge < -0.3 is 5.32 Å². The van der Waals surface area contributed by atoms with E-state index < -0.39 is 11.7 Å². The van der Waals surface area contributed by atoms with E-state index in [9.17, 15) is 13.2 Å². The summed E-state index contributed by atoms with van der Waals surface area (Å²) in [4.78, 5) is 0. The third kappa shape index (κ3) is 3.59. The van der Waals surface area contributed by atoms with E-state index in [1.165, 1.54) is 12.1 Å². The van der Waals surface area contributed by atoms with Crippen LogP contribution in [0, 0.1) is 0 Å². The molecule has 1 aliphatic rings. The highest BCUT2D eigenvalue weighted by Gasteiger charge is 2.30. The molecule has 0 saturated heterocycles. The highest BCUT2D eigenvalue weighted by atomic mass is 35.5. The van der Waals surface area contributed by atoms with Crippen molar-refractivity contribution in [3.63, 3.8) is 0 Å². The molecule has 1 N–H and O–H groups in total. The molecule has 0 radical (unpaired) electrons. The summed E-state index contributed by atoms with van der Waals surface area (Å²) >= 11 is 12.2. The largest absolute Gasteiger partial charge is 0.416 e. The van der Waals surface area contributed by atoms with E-state index in [1.807, 2.05) is 6.07 Å². The van der Waals surface area contributed by atoms with Crippen LogP contribution in [0.5, 0.6) is 0 Å². The van der Waals surface area contributed by atoms with Crippen molar-refractivity contribution in [1.82, 2.24) is 9.78 Å². The third-order valence-corrected chi connectivity index (χ3v) is 5.50. The van der Waals surface area contributed by atoms with Crippen LogP contribution in [0.15, 0.2) is 42.5 Å². The molecule has 8 heteroatoms. The number of rotatable bonds is 2. The van der Waals surface area contributed by atoms with Crippen molar-refractivity contribution in [2.45, 2.75) is 25.4 Å². The summed E-state index contributed by atoms with van der Waals surface area (Å²) in [5.41, 5.74) is 2.36. The van der Waals surface area contributed by atoms with Crippen LogP contribution in [0.4, 0.5) is 19.0 Å². The number of benzene rings is 2. The minimum absolute atomic E-state index is 0.410. The molecular formula is C20H16Cl2F3N3. The van der Waals surface area contributed by atoms with E-state index in [0.29, 0.717) is 21.3 Å². The van der Waals surface area contributed by atoms with Crippen molar-refractivity contribution in [2.75, 3.05) is 11.9 Å². The first kappa shape index (κ1) is 19.2. The average molecular weight is 426 g/mol. The number of nitrogens with zero attached hydrogens (tertiary/aromatic N) is 2. The molecule has 3 nitrogen and oxygen atoms in total. The summed E-state index contributed by atoms with van der Waals surface area (Å²) in [6.07, 6.45) is -1.60. The van der Waals surface area contributed by atoms with Gasteiger partial charge in [-0.1, -0.05) is 35.3 Å². The lowest BCUT2D eigenvalue weighted by molar-refractivity contribution is -0.137. The Morgan fingerprint density at radius 1 is 0.964 bits per heavy atom. The topological polar surface area (TPSA) is 29.9 Å². The smallest absolute Gasteiger partial charge is 0.370 e. The van der Waals surface area contributed by atoms with Crippen LogP contribution in [0.25, 0.3) is 16.9 Å². The Morgan fingerprint density at radius 2 is 1.71 bits per heavy atom. The lowest BCUT2D eigenvalue weighted by Crippen LogP contribution is -2.07. The molecule has 4 rings (SSSR count). The van der Waals surface area contributed by atoms with Crippen LogP contribution in [0.1, 0.15) is 24.0 Å². The van der Waals surface area contributed by atoms with Gasteiger partial charge in [0.1, 0.15) is 5.82 Å². The van der Waals surface area contributed by atoms with Gasteiger partial charge in [-0.2, -0.15) is 18.3 Å². The highest BCUT2D eigenvalue weighted by molar-refractivity contribution is 6.42. The molecule has 0 saturated carbocycles. The summed E-state index contributed by atoms with van der Waals surface area (Å²) in [6, 6.07) is 10.3. The monoisotopic (exact) mass is 425 g/mol. The van der Waals surface area contributed by atoms with Crippen molar-refractivity contribution in [1.29, 1.82) is 0 Å². The second kappa shape index (κ2) is 7.33. The normalized spacial score (nSPS) is 14.3. The van der Waals surface area contributed by atoms with Crippen molar-refractivity contribution in [3.8, 4) is 16.9 Å². The summed E-state index contributed by atoms with van der Waals surface area (Å²) < 4.78 is 40.4. The number of anilines is 1. The molecular weight excluding hydrogens is 410 g/mol. The molecule has 1 aromatic heterocycles. The molecule has 146 valence electrons. The molecule has 1 aliphatic heterocycles. The standard InChI is InChI=1S/C20H16Cl2F3N3/c21-16-9-8-14(11-17(16)22)28-19-15(3-1-2-10-26-19)18(27-28)12-4-6-13(7-5-12)20(23,24)25/h4-9,11,26H,1-3,10H2. The molecule has 0 bridgehead atoms. The first-order valence-corrected chi connectivity index (χ1v) is 9.59. The number of aromatic nitrogens is 2. The zero-order valence-electron chi connectivity index (χ0n) is 14.7. The average Bonchev–Trinajstić information content (AvgIpc) is 2.84. The van der Waals surface area contributed by atoms with Gasteiger partial charge in [-0.15, -0.1) is 0 Å². The lowest BCUT2D eigenvalue weighted by atomic mass is 10.0. The highest BCUT2D eigenvalue weighted by Crippen LogP contribution is 2.36. The van der Waals surface area contributed by atoms with Crippen LogP contribution >= 0.6 is 23.2 Å². The zero-order valence-corrected chi connectivity index (χ0v) is 16.2. The molecule has 28 heavy (non-hydrogen) atoms. The Morgan fingerprint density at radius 3 is 2.39 bits per heavy atom. The minimum Gasteiger partial charge on any atom is -0.370 e. The van der Waals surface area contributed by atoms with E-state index in [4.69, 9.17) is 28.3 Å². The Kier molecular flexibility index (Phi) is 5.02. The van der Waals surface area contributed by atoms with Gasteiger partial charge in [0.15, 0.2) is 0 Å². The fourth-order valence-electron chi connectivity index (χ4n) is 3.35. The minimum atomic E-state index is -4.36. The third-order valence-electron chi connectivity index (χ3n) is 4.76. The number of halogens is 5. The Bertz CT molecular complexity index is 1010. The van der Waals surface area contributed by atoms with Crippen LogP contribution in [-0.2, 0) is 12.6 Å². The summed E-state index contributed by atoms with van der Waals surface area (Å²) in [5, 5.41) is 8.96. The molecule has 2 aromatic carbocycles. The number of alkyl halides is 3. The van der Waals surface area contributed by atoms with E-state index in [2.05, 4.69) is 5.32 Å². The van der Waals surface area contributed by atoms with Crippen molar-refractivity contribution in [2.24, 2.45) is 0 Å². The van der Waals surface area contributed by atoms with Gasteiger partial charge in [0, 0.05) is 17.7 Å². The zero-order chi connectivity index (χ0) is 19.9. The molecule has 0 atom stereocenters. The Hall–Kier alpha value is -2.18. The number of nitrogens with one attached hydrogen (secondary N) is 1. The van der Waals surface area contributed by atoms with Crippen LogP contribution in [0.2, 0.25) is 10.0 Å². The molecule has 0 aliphatic carbocycles. The van der Waals surface area contributed by atoms with Crippen molar-refractivity contribution in [3.05, 3.63) is 63.6 Å². The molecule has 0 unspecified atom stereocenters. The molecule has 0 amide bonds. The lowest BCUT2D eigenvalue weighted by Gasteiger charge is -2.10. The van der Waals surface area contributed by atoms with E-state index in [-0.39, 0.29) is 0 Å². The fourth-order valence-corrected chi connectivity index (χ4v) is 3.65. The molecule has 0 fully saturated rings. The van der Waals surface area contributed by atoms with Crippen LogP contribution in [0.3, 0.4) is 0 Å². The Labute approximate surface area is 170 Å². The molecule has 2 heterocycles. The van der Waals surface area contributed by atoms with E-state index in [0.717, 1.165) is 55.0 Å². The first-order valence-electron chi connectivity index (χ1n) is 8.83. The predicted molar refractivity (Wildman–Crippen MR) is 105 cm³/mol. The SMILES string of the molecule is FC(F)(F)c1ccc(-c2nn(-c3ccc(Cl)c(Cl)c3)c3c2CCCCN3)cc1. The summed E-state index contributed by atoms with van der Waals surface area (Å²) in [6.45, 7) is 0.798. The molecule has 3 aromatic rings. The summed E-state index contributed by atoms with van der Waals surface area (Å²) in [5.74, 6) is 0.839. The van der Waals surface area contributed by atoms with Gasteiger partial charge >= 0.3 is 6.18 Å². The molecule has 0 spiro atoms. The maximum atomic E-state index is 12.9. The van der Waals surface area contributed by atoms with Gasteiger partial charge in [-0.05, 0) is 49.6 Å². The fraction of sp³-hybridized carbons (Fsp3) is 0.250.